The van der Waals surface area contributed by atoms with Crippen LogP contribution in [0.5, 0.6) is 0 Å². The zero-order valence-corrected chi connectivity index (χ0v) is 14.1. The first-order valence-corrected chi connectivity index (χ1v) is 8.47. The second-order valence-electron chi connectivity index (χ2n) is 6.52. The predicted octanol–water partition coefficient (Wildman–Crippen LogP) is 3.55. The number of para-hydroxylation sites is 1. The molecule has 1 atom stereocenters. The van der Waals surface area contributed by atoms with Crippen LogP contribution in [0.3, 0.4) is 0 Å². The number of aryl methyl sites for hydroxylation is 2. The van der Waals surface area contributed by atoms with Gasteiger partial charge in [0, 0.05) is 30.0 Å². The van der Waals surface area contributed by atoms with Crippen molar-refractivity contribution < 1.29 is 4.79 Å². The number of benzene rings is 1. The van der Waals surface area contributed by atoms with Gasteiger partial charge in [-0.3, -0.25) is 4.79 Å². The molecule has 0 fully saturated rings. The van der Waals surface area contributed by atoms with Crippen LogP contribution < -0.4 is 4.90 Å². The van der Waals surface area contributed by atoms with E-state index in [1.54, 1.807) is 0 Å². The number of anilines is 1. The highest BCUT2D eigenvalue weighted by atomic mass is 16.2. The molecule has 4 nitrogen and oxygen atoms in total. The van der Waals surface area contributed by atoms with E-state index in [1.165, 1.54) is 5.56 Å². The topological polar surface area (TPSA) is 37.6 Å². The van der Waals surface area contributed by atoms with E-state index in [1.807, 2.05) is 48.4 Å². The highest BCUT2D eigenvalue weighted by molar-refractivity contribution is 5.96. The van der Waals surface area contributed by atoms with Gasteiger partial charge < -0.3 is 9.30 Å². The average Bonchev–Trinajstić information content (AvgIpc) is 3.08. The summed E-state index contributed by atoms with van der Waals surface area (Å²) in [7, 11) is 0. The first-order valence-electron chi connectivity index (χ1n) is 8.47. The number of hydrogen-bond acceptors (Lipinski definition) is 2. The van der Waals surface area contributed by atoms with Crippen LogP contribution in [-0.2, 0) is 17.6 Å². The number of nitrogens with zero attached hydrogens (tertiary/aromatic N) is 3. The molecule has 1 aliphatic heterocycles. The van der Waals surface area contributed by atoms with Crippen LogP contribution in [0.4, 0.5) is 5.69 Å². The number of imidazole rings is 1. The third-order valence-corrected chi connectivity index (χ3v) is 4.88. The van der Waals surface area contributed by atoms with Crippen molar-refractivity contribution in [1.82, 2.24) is 9.38 Å². The Labute approximate surface area is 141 Å². The standard InChI is InChI=1S/C20H21N3O/c1-14-13-16-7-3-4-8-18(16)23(14)20(24)11-10-17-15(2)21-19-9-5-6-12-22(17)19/h3-9,12,14H,10-11,13H2,1-2H3. The van der Waals surface area contributed by atoms with Crippen molar-refractivity contribution in [2.24, 2.45) is 0 Å². The maximum Gasteiger partial charge on any atom is 0.227 e. The number of rotatable bonds is 3. The molecule has 0 spiro atoms. The van der Waals surface area contributed by atoms with Gasteiger partial charge in [0.25, 0.3) is 0 Å². The fraction of sp³-hybridized carbons (Fsp3) is 0.300. The average molecular weight is 319 g/mol. The second kappa shape index (κ2) is 5.78. The van der Waals surface area contributed by atoms with Gasteiger partial charge in [0.15, 0.2) is 0 Å². The fourth-order valence-electron chi connectivity index (χ4n) is 3.76. The Bertz CT molecular complexity index is 912. The molecule has 0 saturated carbocycles. The summed E-state index contributed by atoms with van der Waals surface area (Å²) in [4.78, 5) is 19.4. The molecule has 1 amide bonds. The highest BCUT2D eigenvalue weighted by Crippen LogP contribution is 2.32. The summed E-state index contributed by atoms with van der Waals surface area (Å²) in [6.07, 6.45) is 4.17. The quantitative estimate of drug-likeness (QED) is 0.740. The van der Waals surface area contributed by atoms with Gasteiger partial charge in [-0.25, -0.2) is 4.98 Å². The lowest BCUT2D eigenvalue weighted by Gasteiger charge is -2.22. The van der Waals surface area contributed by atoms with Crippen molar-refractivity contribution in [3.8, 4) is 0 Å². The number of hydrogen-bond donors (Lipinski definition) is 0. The van der Waals surface area contributed by atoms with E-state index in [0.717, 1.165) is 29.1 Å². The Morgan fingerprint density at radius 2 is 2.00 bits per heavy atom. The Morgan fingerprint density at radius 1 is 1.21 bits per heavy atom. The molecule has 0 N–H and O–H groups in total. The van der Waals surface area contributed by atoms with Crippen molar-refractivity contribution in [3.05, 3.63) is 65.6 Å². The van der Waals surface area contributed by atoms with Crippen LogP contribution in [0.15, 0.2) is 48.7 Å². The van der Waals surface area contributed by atoms with Crippen LogP contribution in [0.2, 0.25) is 0 Å². The monoisotopic (exact) mass is 319 g/mol. The number of aromatic nitrogens is 2. The molecule has 1 aliphatic rings. The van der Waals surface area contributed by atoms with Crippen molar-refractivity contribution in [1.29, 1.82) is 0 Å². The zero-order chi connectivity index (χ0) is 16.7. The molecular formula is C20H21N3O. The molecular weight excluding hydrogens is 298 g/mol. The molecule has 0 radical (unpaired) electrons. The van der Waals surface area contributed by atoms with E-state index in [9.17, 15) is 4.79 Å². The van der Waals surface area contributed by atoms with E-state index in [2.05, 4.69) is 28.4 Å². The molecule has 3 aromatic rings. The van der Waals surface area contributed by atoms with Crippen molar-refractivity contribution >= 4 is 17.2 Å². The Balaban J connectivity index is 1.56. The summed E-state index contributed by atoms with van der Waals surface area (Å²) in [6.45, 7) is 4.14. The molecule has 4 heteroatoms. The van der Waals surface area contributed by atoms with Crippen LogP contribution in [-0.4, -0.2) is 21.3 Å². The van der Waals surface area contributed by atoms with E-state index in [-0.39, 0.29) is 11.9 Å². The molecule has 122 valence electrons. The predicted molar refractivity (Wildman–Crippen MR) is 95.3 cm³/mol. The van der Waals surface area contributed by atoms with Gasteiger partial charge in [-0.2, -0.15) is 0 Å². The molecule has 1 unspecified atom stereocenters. The minimum Gasteiger partial charge on any atom is -0.309 e. The smallest absolute Gasteiger partial charge is 0.227 e. The molecule has 0 aliphatic carbocycles. The van der Waals surface area contributed by atoms with E-state index in [0.29, 0.717) is 12.8 Å². The summed E-state index contributed by atoms with van der Waals surface area (Å²) in [5.74, 6) is 0.192. The molecule has 24 heavy (non-hydrogen) atoms. The lowest BCUT2D eigenvalue weighted by Crippen LogP contribution is -2.35. The normalized spacial score (nSPS) is 16.6. The zero-order valence-electron chi connectivity index (χ0n) is 14.1. The second-order valence-corrected chi connectivity index (χ2v) is 6.52. The number of amides is 1. The van der Waals surface area contributed by atoms with Crippen LogP contribution >= 0.6 is 0 Å². The van der Waals surface area contributed by atoms with Crippen LogP contribution in [0, 0.1) is 6.92 Å². The molecule has 4 rings (SSSR count). The molecule has 0 bridgehead atoms. The fourth-order valence-corrected chi connectivity index (χ4v) is 3.76. The van der Waals surface area contributed by atoms with Crippen molar-refractivity contribution in [2.75, 3.05) is 4.90 Å². The third kappa shape index (κ3) is 2.39. The maximum absolute atomic E-state index is 12.9. The first-order chi connectivity index (χ1) is 11.6. The van der Waals surface area contributed by atoms with Crippen molar-refractivity contribution in [2.45, 2.75) is 39.2 Å². The first kappa shape index (κ1) is 14.9. The minimum atomic E-state index is 0.192. The largest absolute Gasteiger partial charge is 0.309 e. The van der Waals surface area contributed by atoms with Crippen LogP contribution in [0.25, 0.3) is 5.65 Å². The van der Waals surface area contributed by atoms with Gasteiger partial charge in [0.1, 0.15) is 5.65 Å². The van der Waals surface area contributed by atoms with Crippen LogP contribution in [0.1, 0.15) is 30.3 Å². The minimum absolute atomic E-state index is 0.192. The third-order valence-electron chi connectivity index (χ3n) is 4.88. The van der Waals surface area contributed by atoms with Gasteiger partial charge >= 0.3 is 0 Å². The van der Waals surface area contributed by atoms with Gasteiger partial charge in [-0.15, -0.1) is 0 Å². The van der Waals surface area contributed by atoms with E-state index < -0.39 is 0 Å². The summed E-state index contributed by atoms with van der Waals surface area (Å²) >= 11 is 0. The summed E-state index contributed by atoms with van der Waals surface area (Å²) in [5, 5.41) is 0. The number of fused-ring (bicyclic) bond motifs is 2. The number of carbonyl (C=O) groups excluding carboxylic acids is 1. The number of pyridine rings is 1. The highest BCUT2D eigenvalue weighted by Gasteiger charge is 2.30. The van der Waals surface area contributed by atoms with Gasteiger partial charge in [-0.05, 0) is 50.5 Å². The molecule has 2 aromatic heterocycles. The van der Waals surface area contributed by atoms with Crippen molar-refractivity contribution in [3.63, 3.8) is 0 Å². The Kier molecular flexibility index (Phi) is 3.60. The van der Waals surface area contributed by atoms with Gasteiger partial charge in [0.05, 0.1) is 5.69 Å². The molecule has 0 saturated heterocycles. The van der Waals surface area contributed by atoms with E-state index in [4.69, 9.17) is 0 Å². The van der Waals surface area contributed by atoms with E-state index >= 15 is 0 Å². The Hall–Kier alpha value is -2.62. The number of carbonyl (C=O) groups is 1. The molecule has 1 aromatic carbocycles. The maximum atomic E-state index is 12.9. The summed E-state index contributed by atoms with van der Waals surface area (Å²) in [5.41, 5.74) is 5.41. The summed E-state index contributed by atoms with van der Waals surface area (Å²) < 4.78 is 2.09. The lowest BCUT2D eigenvalue weighted by atomic mass is 10.1. The Morgan fingerprint density at radius 3 is 2.88 bits per heavy atom. The van der Waals surface area contributed by atoms with Gasteiger partial charge in [-0.1, -0.05) is 24.3 Å². The van der Waals surface area contributed by atoms with Gasteiger partial charge in [0.2, 0.25) is 5.91 Å². The summed E-state index contributed by atoms with van der Waals surface area (Å²) in [6, 6.07) is 14.4. The molecule has 3 heterocycles. The lowest BCUT2D eigenvalue weighted by molar-refractivity contribution is -0.118. The SMILES string of the molecule is Cc1nc2ccccn2c1CCC(=O)N1c2ccccc2CC1C.